The summed E-state index contributed by atoms with van der Waals surface area (Å²) in [6.45, 7) is 0.267. The van der Waals surface area contributed by atoms with Crippen LogP contribution in [0.2, 0.25) is 0 Å². The van der Waals surface area contributed by atoms with Crippen molar-refractivity contribution >= 4 is 29.1 Å². The van der Waals surface area contributed by atoms with Gasteiger partial charge in [-0.05, 0) is 31.0 Å². The Morgan fingerprint density at radius 3 is 2.92 bits per heavy atom. The molecule has 8 nitrogen and oxygen atoms in total. The van der Waals surface area contributed by atoms with Crippen LogP contribution in [0.5, 0.6) is 5.75 Å². The standard InChI is InChI=1S/C18H22N4O4/c1-19-17(26)22-18(10-23)7-3-4-11(18)9-20-16(25)14-8-12-13(21-14)5-2-6-15(12)24/h2,5-6,8,10-11,21,24H,3-4,7,9H2,1H3,(H,20,25)(H2,19,22,26). The van der Waals surface area contributed by atoms with Crippen molar-refractivity contribution in [2.24, 2.45) is 5.92 Å². The minimum absolute atomic E-state index is 0.100. The average molecular weight is 358 g/mol. The molecule has 0 saturated heterocycles. The molecule has 138 valence electrons. The molecule has 1 saturated carbocycles. The molecule has 0 bridgehead atoms. The number of aldehydes is 1. The lowest BCUT2D eigenvalue weighted by atomic mass is 9.88. The minimum Gasteiger partial charge on any atom is -0.507 e. The Hall–Kier alpha value is -3.03. The van der Waals surface area contributed by atoms with E-state index in [1.807, 2.05) is 0 Å². The van der Waals surface area contributed by atoms with Gasteiger partial charge in [0.05, 0.1) is 0 Å². The van der Waals surface area contributed by atoms with Crippen molar-refractivity contribution in [3.05, 3.63) is 30.0 Å². The molecule has 2 aromatic rings. The van der Waals surface area contributed by atoms with Crippen LogP contribution in [0.1, 0.15) is 29.8 Å². The number of amides is 3. The monoisotopic (exact) mass is 358 g/mol. The van der Waals surface area contributed by atoms with E-state index < -0.39 is 11.6 Å². The number of phenolic OH excluding ortho intramolecular Hbond substituents is 1. The Labute approximate surface area is 150 Å². The van der Waals surface area contributed by atoms with Crippen LogP contribution in [0, 0.1) is 5.92 Å². The Balaban J connectivity index is 1.70. The van der Waals surface area contributed by atoms with Crippen LogP contribution in [0.4, 0.5) is 4.79 Å². The molecular weight excluding hydrogens is 336 g/mol. The normalized spacial score (nSPS) is 22.1. The lowest BCUT2D eigenvalue weighted by Gasteiger charge is -2.31. The summed E-state index contributed by atoms with van der Waals surface area (Å²) in [4.78, 5) is 38.8. The number of aromatic amines is 1. The van der Waals surface area contributed by atoms with Crippen molar-refractivity contribution in [3.63, 3.8) is 0 Å². The lowest BCUT2D eigenvalue weighted by Crippen LogP contribution is -2.57. The number of fused-ring (bicyclic) bond motifs is 1. The number of H-pyrrole nitrogens is 1. The summed E-state index contributed by atoms with van der Waals surface area (Å²) in [6, 6.07) is 6.19. The molecule has 26 heavy (non-hydrogen) atoms. The maximum atomic E-state index is 12.4. The first kappa shape index (κ1) is 17.8. The topological polar surface area (TPSA) is 123 Å². The molecule has 1 fully saturated rings. The Bertz CT molecular complexity index is 847. The zero-order chi connectivity index (χ0) is 18.7. The number of phenols is 1. The number of aromatic hydroxyl groups is 1. The highest BCUT2D eigenvalue weighted by molar-refractivity contribution is 5.99. The fourth-order valence-electron chi connectivity index (χ4n) is 3.58. The molecule has 2 atom stereocenters. The Kier molecular flexibility index (Phi) is 4.83. The van der Waals surface area contributed by atoms with E-state index in [1.165, 1.54) is 7.05 Å². The van der Waals surface area contributed by atoms with Crippen LogP contribution in [0.3, 0.4) is 0 Å². The quantitative estimate of drug-likeness (QED) is 0.516. The molecule has 2 unspecified atom stereocenters. The number of nitrogens with one attached hydrogen (secondary N) is 4. The maximum absolute atomic E-state index is 12.4. The Morgan fingerprint density at radius 1 is 1.42 bits per heavy atom. The van der Waals surface area contributed by atoms with Gasteiger partial charge in [-0.3, -0.25) is 4.79 Å². The van der Waals surface area contributed by atoms with Gasteiger partial charge in [-0.1, -0.05) is 12.5 Å². The summed E-state index contributed by atoms with van der Waals surface area (Å²) in [5, 5.41) is 18.4. The van der Waals surface area contributed by atoms with Crippen molar-refractivity contribution in [2.45, 2.75) is 24.8 Å². The van der Waals surface area contributed by atoms with E-state index in [0.29, 0.717) is 23.0 Å². The molecule has 1 aliphatic carbocycles. The second-order valence-electron chi connectivity index (χ2n) is 6.58. The zero-order valence-electron chi connectivity index (χ0n) is 14.5. The number of carbonyl (C=O) groups excluding carboxylic acids is 3. The maximum Gasteiger partial charge on any atom is 0.315 e. The molecule has 3 amide bonds. The van der Waals surface area contributed by atoms with E-state index in [2.05, 4.69) is 20.9 Å². The van der Waals surface area contributed by atoms with Gasteiger partial charge in [0.15, 0.2) is 0 Å². The summed E-state index contributed by atoms with van der Waals surface area (Å²) in [6.07, 6.45) is 2.85. The highest BCUT2D eigenvalue weighted by Crippen LogP contribution is 2.34. The van der Waals surface area contributed by atoms with Crippen LogP contribution in [-0.4, -0.2) is 47.4 Å². The highest BCUT2D eigenvalue weighted by atomic mass is 16.3. The molecule has 1 aromatic carbocycles. The van der Waals surface area contributed by atoms with Gasteiger partial charge in [0, 0.05) is 30.4 Å². The first-order chi connectivity index (χ1) is 12.5. The summed E-state index contributed by atoms with van der Waals surface area (Å²) in [5.74, 6) is -0.408. The third-order valence-corrected chi connectivity index (χ3v) is 5.05. The largest absolute Gasteiger partial charge is 0.507 e. The number of hydrogen-bond acceptors (Lipinski definition) is 4. The van der Waals surface area contributed by atoms with E-state index in [4.69, 9.17) is 0 Å². The zero-order valence-corrected chi connectivity index (χ0v) is 14.5. The second kappa shape index (κ2) is 7.07. The summed E-state index contributed by atoms with van der Waals surface area (Å²) in [7, 11) is 1.49. The predicted molar refractivity (Wildman–Crippen MR) is 96.0 cm³/mol. The van der Waals surface area contributed by atoms with E-state index in [1.54, 1.807) is 24.3 Å². The van der Waals surface area contributed by atoms with Crippen LogP contribution in [-0.2, 0) is 4.79 Å². The van der Waals surface area contributed by atoms with Gasteiger partial charge >= 0.3 is 6.03 Å². The third-order valence-electron chi connectivity index (χ3n) is 5.05. The highest BCUT2D eigenvalue weighted by Gasteiger charge is 2.44. The van der Waals surface area contributed by atoms with Crippen molar-refractivity contribution in [3.8, 4) is 5.75 Å². The van der Waals surface area contributed by atoms with Gasteiger partial charge in [0.25, 0.3) is 5.91 Å². The predicted octanol–water partition coefficient (Wildman–Crippen LogP) is 1.27. The van der Waals surface area contributed by atoms with E-state index in [0.717, 1.165) is 19.1 Å². The molecule has 3 rings (SSSR count). The molecule has 0 radical (unpaired) electrons. The Morgan fingerprint density at radius 2 is 2.23 bits per heavy atom. The minimum atomic E-state index is -0.966. The number of rotatable bonds is 5. The molecule has 5 N–H and O–H groups in total. The summed E-state index contributed by atoms with van der Waals surface area (Å²) < 4.78 is 0. The van der Waals surface area contributed by atoms with Crippen molar-refractivity contribution in [1.82, 2.24) is 20.9 Å². The first-order valence-corrected chi connectivity index (χ1v) is 8.54. The fraction of sp³-hybridized carbons (Fsp3) is 0.389. The van der Waals surface area contributed by atoms with Gasteiger partial charge < -0.3 is 30.8 Å². The van der Waals surface area contributed by atoms with Gasteiger partial charge in [-0.2, -0.15) is 0 Å². The van der Waals surface area contributed by atoms with E-state index in [9.17, 15) is 19.5 Å². The van der Waals surface area contributed by atoms with Gasteiger partial charge in [0.2, 0.25) is 0 Å². The van der Waals surface area contributed by atoms with Crippen molar-refractivity contribution in [2.75, 3.05) is 13.6 Å². The molecule has 0 aliphatic heterocycles. The molecular formula is C18H22N4O4. The molecule has 1 aliphatic rings. The number of aromatic nitrogens is 1. The molecule has 0 spiro atoms. The smallest absolute Gasteiger partial charge is 0.315 e. The molecule has 8 heteroatoms. The molecule has 1 heterocycles. The van der Waals surface area contributed by atoms with Crippen LogP contribution < -0.4 is 16.0 Å². The van der Waals surface area contributed by atoms with Gasteiger partial charge in [-0.15, -0.1) is 0 Å². The lowest BCUT2D eigenvalue weighted by molar-refractivity contribution is -0.114. The number of hydrogen-bond donors (Lipinski definition) is 5. The van der Waals surface area contributed by atoms with E-state index in [-0.39, 0.29) is 24.1 Å². The number of carbonyl (C=O) groups is 3. The second-order valence-corrected chi connectivity index (χ2v) is 6.58. The van der Waals surface area contributed by atoms with Crippen LogP contribution >= 0.6 is 0 Å². The van der Waals surface area contributed by atoms with Crippen LogP contribution in [0.25, 0.3) is 10.9 Å². The van der Waals surface area contributed by atoms with Crippen LogP contribution in [0.15, 0.2) is 24.3 Å². The van der Waals surface area contributed by atoms with Crippen molar-refractivity contribution in [1.29, 1.82) is 0 Å². The number of benzene rings is 1. The average Bonchev–Trinajstić information content (AvgIpc) is 3.25. The van der Waals surface area contributed by atoms with Gasteiger partial charge in [-0.25, -0.2) is 4.79 Å². The SMILES string of the molecule is CNC(=O)NC1(C=O)CCCC1CNC(=O)c1cc2c(O)cccc2[nH]1. The third kappa shape index (κ3) is 3.22. The van der Waals surface area contributed by atoms with E-state index >= 15 is 0 Å². The molecule has 1 aromatic heterocycles. The summed E-state index contributed by atoms with van der Waals surface area (Å²) in [5.41, 5.74) is 0.0292. The van der Waals surface area contributed by atoms with Crippen molar-refractivity contribution < 1.29 is 19.5 Å². The van der Waals surface area contributed by atoms with Gasteiger partial charge in [0.1, 0.15) is 23.3 Å². The first-order valence-electron chi connectivity index (χ1n) is 8.54. The fourth-order valence-corrected chi connectivity index (χ4v) is 3.58. The number of urea groups is 1. The summed E-state index contributed by atoms with van der Waals surface area (Å²) >= 11 is 0.